The average Bonchev–Trinajstić information content (AvgIpc) is 0.767. The van der Waals surface area contributed by atoms with Crippen molar-refractivity contribution >= 4 is 81.7 Å². The maximum atomic E-state index is 14.6. The van der Waals surface area contributed by atoms with Gasteiger partial charge in [0.1, 0.15) is 73.3 Å². The molecule has 0 spiro atoms. The van der Waals surface area contributed by atoms with Gasteiger partial charge in [-0.2, -0.15) is 0 Å². The fraction of sp³-hybridized carbons (Fsp3) is 0.605. The molecule has 1 saturated heterocycles. The largest absolute Gasteiger partial charge is 0.456 e. The molecular formula is C76H122N19O13+. The third kappa shape index (κ3) is 28.3. The van der Waals surface area contributed by atoms with Crippen LogP contribution in [0.5, 0.6) is 0 Å². The Morgan fingerprint density at radius 2 is 1.12 bits per heavy atom. The lowest BCUT2D eigenvalue weighted by Crippen LogP contribution is -2.60. The molecule has 3 aliphatic rings. The Balaban J connectivity index is 1.23. The van der Waals surface area contributed by atoms with Gasteiger partial charge in [0, 0.05) is 72.6 Å². The molecule has 1 fully saturated rings. The summed E-state index contributed by atoms with van der Waals surface area (Å²) in [5.74, 6) is -6.47. The third-order valence-corrected chi connectivity index (χ3v) is 19.0. The Bertz CT molecular complexity index is 3630. The van der Waals surface area contributed by atoms with Crippen LogP contribution in [-0.2, 0) is 52.6 Å². The molecule has 598 valence electrons. The Morgan fingerprint density at radius 3 is 1.64 bits per heavy atom. The molecule has 32 heteroatoms. The van der Waals surface area contributed by atoms with E-state index in [-0.39, 0.29) is 116 Å². The summed E-state index contributed by atoms with van der Waals surface area (Å²) in [7, 11) is 0. The first kappa shape index (κ1) is 89.3. The minimum atomic E-state index is -1.33. The molecule has 0 radical (unpaired) electrons. The summed E-state index contributed by atoms with van der Waals surface area (Å²) < 4.78 is 20.5. The van der Waals surface area contributed by atoms with Crippen molar-refractivity contribution in [3.63, 3.8) is 0 Å². The van der Waals surface area contributed by atoms with E-state index in [0.29, 0.717) is 87.7 Å². The fourth-order valence-corrected chi connectivity index (χ4v) is 13.0. The number of anilines is 1. The minimum absolute atomic E-state index is 0.0334. The van der Waals surface area contributed by atoms with Crippen molar-refractivity contribution in [3.8, 4) is 22.5 Å². The van der Waals surface area contributed by atoms with Gasteiger partial charge in [0.2, 0.25) is 58.5 Å². The molecule has 2 aromatic carbocycles. The van der Waals surface area contributed by atoms with Crippen molar-refractivity contribution in [1.29, 1.82) is 0 Å². The van der Waals surface area contributed by atoms with Gasteiger partial charge in [-0.1, -0.05) is 32.0 Å². The highest BCUT2D eigenvalue weighted by Gasteiger charge is 2.38. The number of fused-ring (bicyclic) bond motifs is 2. The fourth-order valence-electron chi connectivity index (χ4n) is 13.0. The van der Waals surface area contributed by atoms with Gasteiger partial charge in [-0.05, 0) is 192 Å². The number of hydrogen-bond acceptors (Lipinski definition) is 19. The molecule has 0 unspecified atom stereocenters. The Kier molecular flexibility index (Phi) is 39.8. The van der Waals surface area contributed by atoms with Crippen LogP contribution < -0.4 is 97.5 Å². The van der Waals surface area contributed by atoms with Gasteiger partial charge in [-0.3, -0.25) is 52.9 Å². The summed E-state index contributed by atoms with van der Waals surface area (Å²) in [4.78, 5) is 146. The summed E-state index contributed by atoms with van der Waals surface area (Å²) >= 11 is 0. The number of primary amides is 1. The zero-order valence-corrected chi connectivity index (χ0v) is 64.2. The predicted molar refractivity (Wildman–Crippen MR) is 417 cm³/mol. The molecule has 32 nitrogen and oxygen atoms in total. The first-order valence-electron chi connectivity index (χ1n) is 38.4. The molecule has 2 heterocycles. The second-order valence-corrected chi connectivity index (χ2v) is 27.2. The van der Waals surface area contributed by atoms with Crippen LogP contribution in [0.3, 0.4) is 0 Å². The van der Waals surface area contributed by atoms with E-state index in [1.54, 1.807) is 19.9 Å². The molecule has 2 aliphatic heterocycles. The van der Waals surface area contributed by atoms with Crippen molar-refractivity contribution in [3.05, 3.63) is 71.6 Å². The zero-order valence-electron chi connectivity index (χ0n) is 64.2. The topological polar surface area (TPSA) is 503 Å². The Morgan fingerprint density at radius 1 is 0.593 bits per heavy atom. The van der Waals surface area contributed by atoms with E-state index in [0.717, 1.165) is 59.3 Å². The van der Waals surface area contributed by atoms with Crippen molar-refractivity contribution in [2.45, 2.75) is 187 Å². The van der Waals surface area contributed by atoms with Crippen molar-refractivity contribution < 1.29 is 61.8 Å². The highest BCUT2D eigenvalue weighted by molar-refractivity contribution is 6.09. The van der Waals surface area contributed by atoms with Crippen LogP contribution in [0.1, 0.15) is 155 Å². The number of unbranched alkanes of at least 4 members (excludes halogenated alkanes) is 4. The third-order valence-electron chi connectivity index (χ3n) is 19.0. The number of aliphatic imine (C=N–C) groups is 1. The molecule has 0 saturated carbocycles. The lowest BCUT2D eigenvalue weighted by molar-refractivity contribution is -0.143. The number of nitrogens with zero attached hydrogens (tertiary/aromatic N) is 4. The number of carbonyl (C=O) groups excluding carboxylic acids is 10. The summed E-state index contributed by atoms with van der Waals surface area (Å²) in [5, 5.41) is 23.9. The van der Waals surface area contributed by atoms with Crippen LogP contribution in [0.4, 0.5) is 5.69 Å². The molecule has 10 amide bonds. The van der Waals surface area contributed by atoms with Gasteiger partial charge in [0.05, 0.1) is 32.4 Å². The Labute approximate surface area is 634 Å². The predicted octanol–water partition coefficient (Wildman–Crippen LogP) is 0.353. The van der Waals surface area contributed by atoms with Crippen LogP contribution in [0.2, 0.25) is 0 Å². The van der Waals surface area contributed by atoms with Gasteiger partial charge in [0.25, 0.3) is 5.91 Å². The highest BCUT2D eigenvalue weighted by atomic mass is 16.5. The van der Waals surface area contributed by atoms with E-state index in [2.05, 4.69) is 121 Å². The summed E-state index contributed by atoms with van der Waals surface area (Å²) in [6.07, 6.45) is 4.71. The molecule has 0 aromatic heterocycles. The monoisotopic (exact) mass is 1510 g/mol. The van der Waals surface area contributed by atoms with Crippen molar-refractivity contribution in [1.82, 2.24) is 52.0 Å². The smallest absolute Gasteiger partial charge is 0.251 e. The van der Waals surface area contributed by atoms with E-state index in [9.17, 15) is 47.9 Å². The van der Waals surface area contributed by atoms with E-state index in [1.165, 1.54) is 4.90 Å². The maximum absolute atomic E-state index is 14.6. The van der Waals surface area contributed by atoms with Gasteiger partial charge in [0.15, 0.2) is 5.96 Å². The van der Waals surface area contributed by atoms with Gasteiger partial charge < -0.3 is 106 Å². The van der Waals surface area contributed by atoms with Crippen LogP contribution in [0.15, 0.2) is 70.1 Å². The maximum Gasteiger partial charge on any atom is 0.251 e. The molecule has 1 aliphatic carbocycles. The SMILES string of the molecule is CCN(CC)c1ccc2c(-c3ccccc3C(=O)NCCOCCOCC(=O)N3CCC[C@H]3C(=O)N[C@@H](CCCCN)C(=O)N[C@@H](CCCCN)C(=O)N[C@@H](CCCCN)C(=O)N[C@@H](CCCN=C(N)N)C(=O)N[C@@H](CCCCN)C(=O)N[C@H](C(=O)NCC(N)=O)C(C)C)c3ccc(=[N+](CC)CC)cc-3oc2c1. The summed E-state index contributed by atoms with van der Waals surface area (Å²) in [6.45, 7) is 16.2. The van der Waals surface area contributed by atoms with Crippen LogP contribution >= 0.6 is 0 Å². The number of ether oxygens (including phenoxy) is 2. The second-order valence-electron chi connectivity index (χ2n) is 27.2. The van der Waals surface area contributed by atoms with Crippen molar-refractivity contribution in [2.24, 2.45) is 51.0 Å². The number of nitrogens with two attached hydrogens (primary N) is 7. The quantitative estimate of drug-likeness (QED) is 0.00932. The van der Waals surface area contributed by atoms with Gasteiger partial charge in [-0.25, -0.2) is 4.58 Å². The molecule has 7 atom stereocenters. The highest BCUT2D eigenvalue weighted by Crippen LogP contribution is 2.42. The summed E-state index contributed by atoms with van der Waals surface area (Å²) in [6, 6.07) is 11.6. The first-order chi connectivity index (χ1) is 52.0. The second kappa shape index (κ2) is 48.1. The zero-order chi connectivity index (χ0) is 79.1. The van der Waals surface area contributed by atoms with E-state index < -0.39 is 108 Å². The molecule has 5 rings (SSSR count). The number of amides is 10. The van der Waals surface area contributed by atoms with E-state index in [4.69, 9.17) is 54.0 Å². The van der Waals surface area contributed by atoms with Crippen LogP contribution in [-0.4, -0.2) is 217 Å². The molecule has 22 N–H and O–H groups in total. The average molecular weight is 1510 g/mol. The number of nitrogens with one attached hydrogen (secondary N) is 8. The van der Waals surface area contributed by atoms with E-state index in [1.807, 2.05) is 18.2 Å². The number of rotatable bonds is 51. The van der Waals surface area contributed by atoms with Gasteiger partial charge >= 0.3 is 0 Å². The number of carbonyl (C=O) groups is 10. The normalized spacial score (nSPS) is 14.4. The Hall–Kier alpha value is -9.34. The number of likely N-dealkylation sites (tertiary alicyclic amines) is 1. The van der Waals surface area contributed by atoms with Crippen LogP contribution in [0, 0.1) is 5.92 Å². The molecule has 2 aromatic rings. The number of hydrogen-bond donors (Lipinski definition) is 15. The lowest BCUT2D eigenvalue weighted by Gasteiger charge is -2.29. The van der Waals surface area contributed by atoms with Gasteiger partial charge in [-0.15, -0.1) is 0 Å². The molecule has 108 heavy (non-hydrogen) atoms. The molecular weight excluding hydrogens is 1390 g/mol. The van der Waals surface area contributed by atoms with Crippen LogP contribution in [0.25, 0.3) is 33.4 Å². The van der Waals surface area contributed by atoms with E-state index >= 15 is 0 Å². The summed E-state index contributed by atoms with van der Waals surface area (Å²) in [5.41, 5.74) is 44.5. The molecule has 0 bridgehead atoms. The first-order valence-corrected chi connectivity index (χ1v) is 38.4. The minimum Gasteiger partial charge on any atom is -0.456 e. The number of guanidine groups is 1. The number of benzene rings is 3. The van der Waals surface area contributed by atoms with Crippen molar-refractivity contribution in [2.75, 3.05) is 110 Å². The standard InChI is InChI=1S/C76H121N19O13/c1-7-93(8-2)50-31-33-54-62(45-50)108-63-46-51(94(9-3)10-4)32-34-55(63)66(54)52-23-11-12-24-53(52)68(98)84-40-42-106-43-44-107-48-65(97)95-41-22-30-61(95)74(104)91-58(27-15-19-37-79)71(101)88-56(25-13-17-35-77)69(99)87-57(26-14-18-36-78)70(100)90-60(29-21-39-85-76(82)83)72(102)89-59(28-16-20-38-80)73(103)92-67(49(5)6)75(105)86-47-64(81)96/h11-12,23-24,31-34,45-46,49,56-61,67H,7-10,13-22,25-30,35-44,47-48,77-80H2,1-6H3,(H13-,81,82,83,84,85,86,87,88,89,90,91,92,96,98,99,100,101,102,103,104,105)/p+1/t56-,57-,58-,59-,60-,61-,67-/m0/s1. The lowest BCUT2D eigenvalue weighted by atomic mass is 9.90.